The predicted molar refractivity (Wildman–Crippen MR) is 101 cm³/mol. The summed E-state index contributed by atoms with van der Waals surface area (Å²) in [5.74, 6) is 0.578. The molecule has 0 radical (unpaired) electrons. The van der Waals surface area contributed by atoms with Crippen molar-refractivity contribution in [2.45, 2.75) is 37.2 Å². The SMILES string of the molecule is CC1CN(c2ccc(N=C3CC(Br)CN(C)C3=O)nc2)C(C)CN1. The van der Waals surface area contributed by atoms with Crippen LogP contribution in [0.5, 0.6) is 0 Å². The summed E-state index contributed by atoms with van der Waals surface area (Å²) in [6.45, 7) is 7.04. The van der Waals surface area contributed by atoms with Gasteiger partial charge in [-0.25, -0.2) is 9.98 Å². The van der Waals surface area contributed by atoms with E-state index in [-0.39, 0.29) is 10.7 Å². The molecule has 0 aliphatic carbocycles. The fourth-order valence-electron chi connectivity index (χ4n) is 3.19. The molecule has 0 spiro atoms. The van der Waals surface area contributed by atoms with Crippen molar-refractivity contribution in [3.05, 3.63) is 18.3 Å². The van der Waals surface area contributed by atoms with Crippen LogP contribution in [-0.4, -0.2) is 65.1 Å². The number of hydrogen-bond acceptors (Lipinski definition) is 5. The fourth-order valence-corrected chi connectivity index (χ4v) is 3.93. The molecule has 0 aromatic carbocycles. The summed E-state index contributed by atoms with van der Waals surface area (Å²) in [5.41, 5.74) is 1.67. The third-order valence-electron chi connectivity index (χ3n) is 4.56. The number of halogens is 1. The van der Waals surface area contributed by atoms with E-state index in [1.807, 2.05) is 18.3 Å². The van der Waals surface area contributed by atoms with E-state index in [0.29, 0.717) is 36.6 Å². The monoisotopic (exact) mass is 393 g/mol. The van der Waals surface area contributed by atoms with Gasteiger partial charge >= 0.3 is 0 Å². The van der Waals surface area contributed by atoms with Gasteiger partial charge in [-0.15, -0.1) is 0 Å². The van der Waals surface area contributed by atoms with Crippen molar-refractivity contribution >= 4 is 39.1 Å². The molecule has 1 N–H and O–H groups in total. The number of rotatable bonds is 2. The van der Waals surface area contributed by atoms with Crippen LogP contribution < -0.4 is 10.2 Å². The van der Waals surface area contributed by atoms with Crippen LogP contribution in [-0.2, 0) is 4.79 Å². The molecule has 130 valence electrons. The molecule has 6 nitrogen and oxygen atoms in total. The summed E-state index contributed by atoms with van der Waals surface area (Å²) < 4.78 is 0. The highest BCUT2D eigenvalue weighted by atomic mass is 79.9. The Labute approximate surface area is 151 Å². The van der Waals surface area contributed by atoms with Crippen molar-refractivity contribution in [3.63, 3.8) is 0 Å². The molecule has 2 aliphatic rings. The Bertz CT molecular complexity index is 632. The smallest absolute Gasteiger partial charge is 0.268 e. The Morgan fingerprint density at radius 2 is 2.12 bits per heavy atom. The van der Waals surface area contributed by atoms with Crippen LogP contribution in [0.2, 0.25) is 0 Å². The molecule has 3 rings (SSSR count). The maximum absolute atomic E-state index is 12.2. The number of amides is 1. The van der Waals surface area contributed by atoms with E-state index >= 15 is 0 Å². The molecule has 2 saturated heterocycles. The van der Waals surface area contributed by atoms with Crippen LogP contribution >= 0.6 is 15.9 Å². The van der Waals surface area contributed by atoms with E-state index in [1.165, 1.54) is 0 Å². The number of pyridine rings is 1. The molecule has 2 fully saturated rings. The normalized spacial score (nSPS) is 30.1. The van der Waals surface area contributed by atoms with Crippen LogP contribution in [0.4, 0.5) is 11.5 Å². The molecule has 1 amide bonds. The van der Waals surface area contributed by atoms with Crippen LogP contribution in [0.25, 0.3) is 0 Å². The first kappa shape index (κ1) is 17.4. The van der Waals surface area contributed by atoms with Gasteiger partial charge in [0, 0.05) is 50.0 Å². The lowest BCUT2D eigenvalue weighted by Crippen LogP contribution is -2.54. The fraction of sp³-hybridized carbons (Fsp3) is 0.588. The van der Waals surface area contributed by atoms with E-state index in [0.717, 1.165) is 18.8 Å². The Kier molecular flexibility index (Phi) is 5.20. The minimum atomic E-state index is -0.0128. The summed E-state index contributed by atoms with van der Waals surface area (Å²) >= 11 is 3.58. The molecule has 1 aromatic heterocycles. The van der Waals surface area contributed by atoms with Crippen LogP contribution in [0.1, 0.15) is 20.3 Å². The minimum absolute atomic E-state index is 0.0128. The Hall–Kier alpha value is -1.47. The summed E-state index contributed by atoms with van der Waals surface area (Å²) in [6, 6.07) is 4.84. The van der Waals surface area contributed by atoms with Gasteiger partial charge in [0.2, 0.25) is 0 Å². The van der Waals surface area contributed by atoms with Crippen molar-refractivity contribution < 1.29 is 4.79 Å². The standard InChI is InChI=1S/C17H24BrN5O/c1-11-9-23(12(2)7-19-11)14-4-5-16(20-8-14)21-15-6-13(18)10-22(3)17(15)24/h4-5,8,11-13,19H,6-7,9-10H2,1-3H3. The molecule has 3 heterocycles. The van der Waals surface area contributed by atoms with Gasteiger partial charge in [0.1, 0.15) is 5.71 Å². The predicted octanol–water partition coefficient (Wildman–Crippen LogP) is 1.97. The summed E-state index contributed by atoms with van der Waals surface area (Å²) in [7, 11) is 1.80. The molecular formula is C17H24BrN5O. The lowest BCUT2D eigenvalue weighted by molar-refractivity contribution is -0.123. The number of carbonyl (C=O) groups is 1. The molecular weight excluding hydrogens is 370 g/mol. The summed E-state index contributed by atoms with van der Waals surface area (Å²) in [5, 5.41) is 3.48. The largest absolute Gasteiger partial charge is 0.365 e. The summed E-state index contributed by atoms with van der Waals surface area (Å²) in [6.07, 6.45) is 2.50. The molecule has 7 heteroatoms. The number of piperidine rings is 1. The summed E-state index contributed by atoms with van der Waals surface area (Å²) in [4.78, 5) is 25.4. The number of alkyl halides is 1. The van der Waals surface area contributed by atoms with Gasteiger partial charge in [-0.1, -0.05) is 15.9 Å². The van der Waals surface area contributed by atoms with Gasteiger partial charge in [0.05, 0.1) is 11.9 Å². The molecule has 24 heavy (non-hydrogen) atoms. The molecule has 3 unspecified atom stereocenters. The lowest BCUT2D eigenvalue weighted by atomic mass is 10.1. The zero-order valence-electron chi connectivity index (χ0n) is 14.4. The first-order valence-corrected chi connectivity index (χ1v) is 9.28. The average molecular weight is 394 g/mol. The minimum Gasteiger partial charge on any atom is -0.365 e. The third-order valence-corrected chi connectivity index (χ3v) is 5.17. The van der Waals surface area contributed by atoms with Gasteiger partial charge < -0.3 is 15.1 Å². The van der Waals surface area contributed by atoms with Gasteiger partial charge in [0.25, 0.3) is 5.91 Å². The van der Waals surface area contributed by atoms with Crippen molar-refractivity contribution in [1.29, 1.82) is 0 Å². The number of aliphatic imine (C=N–C) groups is 1. The van der Waals surface area contributed by atoms with E-state index in [9.17, 15) is 4.79 Å². The van der Waals surface area contributed by atoms with Crippen molar-refractivity contribution in [2.75, 3.05) is 31.6 Å². The third kappa shape index (κ3) is 3.78. The number of nitrogens with zero attached hydrogens (tertiary/aromatic N) is 4. The molecule has 2 aliphatic heterocycles. The number of hydrogen-bond donors (Lipinski definition) is 1. The molecule has 0 bridgehead atoms. The number of aromatic nitrogens is 1. The molecule has 3 atom stereocenters. The number of carbonyl (C=O) groups excluding carboxylic acids is 1. The Morgan fingerprint density at radius 3 is 2.83 bits per heavy atom. The van der Waals surface area contributed by atoms with Gasteiger partial charge in [-0.2, -0.15) is 0 Å². The Balaban J connectivity index is 1.77. The number of nitrogens with one attached hydrogen (secondary N) is 1. The zero-order chi connectivity index (χ0) is 17.3. The van der Waals surface area contributed by atoms with E-state index in [1.54, 1.807) is 11.9 Å². The number of anilines is 1. The second-order valence-electron chi connectivity index (χ2n) is 6.73. The maximum Gasteiger partial charge on any atom is 0.268 e. The highest BCUT2D eigenvalue weighted by molar-refractivity contribution is 9.09. The molecule has 1 aromatic rings. The lowest BCUT2D eigenvalue weighted by Gasteiger charge is -2.39. The van der Waals surface area contributed by atoms with Gasteiger partial charge in [-0.05, 0) is 26.0 Å². The quantitative estimate of drug-likeness (QED) is 0.780. The van der Waals surface area contributed by atoms with Crippen LogP contribution in [0.3, 0.4) is 0 Å². The maximum atomic E-state index is 12.2. The van der Waals surface area contributed by atoms with Crippen LogP contribution in [0.15, 0.2) is 23.3 Å². The second-order valence-corrected chi connectivity index (χ2v) is 8.03. The van der Waals surface area contributed by atoms with E-state index in [2.05, 4.69) is 50.0 Å². The first-order chi connectivity index (χ1) is 11.4. The van der Waals surface area contributed by atoms with Gasteiger partial charge in [-0.3, -0.25) is 4.79 Å². The van der Waals surface area contributed by atoms with Gasteiger partial charge in [0.15, 0.2) is 5.82 Å². The average Bonchev–Trinajstić information content (AvgIpc) is 2.55. The zero-order valence-corrected chi connectivity index (χ0v) is 16.0. The highest BCUT2D eigenvalue weighted by Crippen LogP contribution is 2.23. The van der Waals surface area contributed by atoms with E-state index in [4.69, 9.17) is 0 Å². The van der Waals surface area contributed by atoms with Crippen molar-refractivity contribution in [1.82, 2.24) is 15.2 Å². The first-order valence-electron chi connectivity index (χ1n) is 8.37. The van der Waals surface area contributed by atoms with Crippen molar-refractivity contribution in [2.24, 2.45) is 4.99 Å². The van der Waals surface area contributed by atoms with E-state index < -0.39 is 0 Å². The Morgan fingerprint density at radius 1 is 1.33 bits per heavy atom. The van der Waals surface area contributed by atoms with Crippen LogP contribution in [0, 0.1) is 0 Å². The second kappa shape index (κ2) is 7.19. The van der Waals surface area contributed by atoms with Crippen molar-refractivity contribution in [3.8, 4) is 0 Å². The highest BCUT2D eigenvalue weighted by Gasteiger charge is 2.27. The number of piperazine rings is 1. The number of likely N-dealkylation sites (tertiary alicyclic amines) is 1. The molecule has 0 saturated carbocycles. The topological polar surface area (TPSA) is 60.8 Å².